The summed E-state index contributed by atoms with van der Waals surface area (Å²) in [7, 11) is -3.28. The van der Waals surface area contributed by atoms with E-state index in [1.807, 2.05) is 0 Å². The van der Waals surface area contributed by atoms with Crippen molar-refractivity contribution in [3.8, 4) is 0 Å². The van der Waals surface area contributed by atoms with Gasteiger partial charge in [-0.2, -0.15) is 8.42 Å². The van der Waals surface area contributed by atoms with Crippen LogP contribution in [-0.2, 0) is 14.3 Å². The Hall–Kier alpha value is -0.170. The van der Waals surface area contributed by atoms with E-state index in [9.17, 15) is 8.42 Å². The third-order valence-electron chi connectivity index (χ3n) is 3.42. The van der Waals surface area contributed by atoms with E-state index in [0.29, 0.717) is 18.6 Å². The fourth-order valence-electron chi connectivity index (χ4n) is 2.55. The standard InChI is InChI=1S/C10H20N2O3S/c1-16(13,14)15-8-9-2-4-12-5-3-11-7-10(12)6-9/h9-11H,2-8H2,1H3. The first-order valence-corrected chi connectivity index (χ1v) is 7.65. The van der Waals surface area contributed by atoms with Crippen LogP contribution in [0.4, 0.5) is 0 Å². The van der Waals surface area contributed by atoms with E-state index in [1.54, 1.807) is 0 Å². The van der Waals surface area contributed by atoms with Gasteiger partial charge in [0, 0.05) is 25.7 Å². The Bertz CT molecular complexity index is 331. The van der Waals surface area contributed by atoms with Gasteiger partial charge in [-0.05, 0) is 25.3 Å². The van der Waals surface area contributed by atoms with Crippen LogP contribution in [0.1, 0.15) is 12.8 Å². The summed E-state index contributed by atoms with van der Waals surface area (Å²) in [6.07, 6.45) is 3.21. The summed E-state index contributed by atoms with van der Waals surface area (Å²) in [4.78, 5) is 2.49. The maximum absolute atomic E-state index is 10.9. The summed E-state index contributed by atoms with van der Waals surface area (Å²) < 4.78 is 26.7. The van der Waals surface area contributed by atoms with Gasteiger partial charge in [-0.1, -0.05) is 0 Å². The lowest BCUT2D eigenvalue weighted by atomic mass is 9.90. The van der Waals surface area contributed by atoms with E-state index < -0.39 is 10.1 Å². The van der Waals surface area contributed by atoms with E-state index in [4.69, 9.17) is 4.18 Å². The molecule has 5 nitrogen and oxygen atoms in total. The van der Waals surface area contributed by atoms with Crippen molar-refractivity contribution in [3.05, 3.63) is 0 Å². The third-order valence-corrected chi connectivity index (χ3v) is 3.98. The van der Waals surface area contributed by atoms with Gasteiger partial charge >= 0.3 is 0 Å². The zero-order valence-electron chi connectivity index (χ0n) is 9.68. The number of piperazine rings is 1. The fraction of sp³-hybridized carbons (Fsp3) is 1.00. The number of nitrogens with one attached hydrogen (secondary N) is 1. The first-order valence-electron chi connectivity index (χ1n) is 5.84. The molecule has 0 radical (unpaired) electrons. The van der Waals surface area contributed by atoms with Crippen LogP contribution in [0.15, 0.2) is 0 Å². The maximum atomic E-state index is 10.9. The van der Waals surface area contributed by atoms with Crippen LogP contribution >= 0.6 is 0 Å². The summed E-state index contributed by atoms with van der Waals surface area (Å²) >= 11 is 0. The molecule has 0 aromatic carbocycles. The Balaban J connectivity index is 1.81. The monoisotopic (exact) mass is 248 g/mol. The molecule has 0 aromatic heterocycles. The Morgan fingerprint density at radius 3 is 3.00 bits per heavy atom. The minimum atomic E-state index is -3.28. The largest absolute Gasteiger partial charge is 0.314 e. The van der Waals surface area contributed by atoms with E-state index >= 15 is 0 Å². The number of rotatable bonds is 3. The minimum Gasteiger partial charge on any atom is -0.314 e. The smallest absolute Gasteiger partial charge is 0.264 e. The summed E-state index contributed by atoms with van der Waals surface area (Å²) in [6, 6.07) is 0.565. The van der Waals surface area contributed by atoms with Crippen LogP contribution in [0.3, 0.4) is 0 Å². The lowest BCUT2D eigenvalue weighted by Crippen LogP contribution is -2.55. The Labute approximate surface area is 97.3 Å². The van der Waals surface area contributed by atoms with Gasteiger partial charge in [0.2, 0.25) is 0 Å². The van der Waals surface area contributed by atoms with Crippen LogP contribution in [0.25, 0.3) is 0 Å². The van der Waals surface area contributed by atoms with E-state index in [2.05, 4.69) is 10.2 Å². The van der Waals surface area contributed by atoms with Crippen molar-refractivity contribution >= 4 is 10.1 Å². The van der Waals surface area contributed by atoms with Crippen LogP contribution < -0.4 is 5.32 Å². The molecule has 0 aromatic rings. The molecule has 6 heteroatoms. The predicted molar refractivity (Wildman–Crippen MR) is 61.8 cm³/mol. The van der Waals surface area contributed by atoms with Crippen molar-refractivity contribution in [3.63, 3.8) is 0 Å². The molecule has 2 heterocycles. The van der Waals surface area contributed by atoms with Crippen molar-refractivity contribution in [2.24, 2.45) is 5.92 Å². The predicted octanol–water partition coefficient (Wildman–Crippen LogP) is -0.354. The molecule has 0 aliphatic carbocycles. The summed E-state index contributed by atoms with van der Waals surface area (Å²) in [5.74, 6) is 0.385. The van der Waals surface area contributed by atoms with E-state index in [1.165, 1.54) is 0 Å². The van der Waals surface area contributed by atoms with Crippen molar-refractivity contribution in [1.82, 2.24) is 10.2 Å². The van der Waals surface area contributed by atoms with Crippen LogP contribution in [0.2, 0.25) is 0 Å². The fourth-order valence-corrected chi connectivity index (χ4v) is 2.99. The number of hydrogen-bond donors (Lipinski definition) is 1. The van der Waals surface area contributed by atoms with Gasteiger partial charge in [0.15, 0.2) is 0 Å². The molecule has 1 N–H and O–H groups in total. The molecule has 2 saturated heterocycles. The highest BCUT2D eigenvalue weighted by Crippen LogP contribution is 2.24. The molecule has 0 saturated carbocycles. The van der Waals surface area contributed by atoms with Gasteiger partial charge in [0.25, 0.3) is 10.1 Å². The molecular formula is C10H20N2O3S. The molecule has 94 valence electrons. The molecule has 0 bridgehead atoms. The van der Waals surface area contributed by atoms with E-state index in [0.717, 1.165) is 45.3 Å². The topological polar surface area (TPSA) is 58.6 Å². The van der Waals surface area contributed by atoms with Gasteiger partial charge < -0.3 is 5.32 Å². The zero-order valence-corrected chi connectivity index (χ0v) is 10.5. The van der Waals surface area contributed by atoms with Crippen LogP contribution in [0, 0.1) is 5.92 Å². The highest BCUT2D eigenvalue weighted by atomic mass is 32.2. The van der Waals surface area contributed by atoms with Gasteiger partial charge in [-0.15, -0.1) is 0 Å². The molecule has 2 aliphatic heterocycles. The zero-order chi connectivity index (χ0) is 11.6. The van der Waals surface area contributed by atoms with Crippen molar-refractivity contribution in [2.75, 3.05) is 39.0 Å². The second kappa shape index (κ2) is 5.00. The first kappa shape index (κ1) is 12.3. The normalized spacial score (nSPS) is 32.3. The molecule has 2 atom stereocenters. The van der Waals surface area contributed by atoms with Crippen molar-refractivity contribution in [2.45, 2.75) is 18.9 Å². The number of nitrogens with zero attached hydrogens (tertiary/aromatic N) is 1. The molecular weight excluding hydrogens is 228 g/mol. The molecule has 2 unspecified atom stereocenters. The minimum absolute atomic E-state index is 0.350. The van der Waals surface area contributed by atoms with Gasteiger partial charge in [0.1, 0.15) is 0 Å². The van der Waals surface area contributed by atoms with Crippen molar-refractivity contribution in [1.29, 1.82) is 0 Å². The lowest BCUT2D eigenvalue weighted by Gasteiger charge is -2.42. The quantitative estimate of drug-likeness (QED) is 0.692. The molecule has 2 fully saturated rings. The Morgan fingerprint density at radius 1 is 1.44 bits per heavy atom. The first-order chi connectivity index (χ1) is 7.54. The van der Waals surface area contributed by atoms with Crippen LogP contribution in [-0.4, -0.2) is 58.4 Å². The SMILES string of the molecule is CS(=O)(=O)OCC1CCN2CCNCC2C1. The molecule has 0 spiro atoms. The summed E-state index contributed by atoms with van der Waals surface area (Å²) in [5.41, 5.74) is 0. The van der Waals surface area contributed by atoms with Crippen molar-refractivity contribution < 1.29 is 12.6 Å². The van der Waals surface area contributed by atoms with Gasteiger partial charge in [-0.25, -0.2) is 0 Å². The second-order valence-corrected chi connectivity index (χ2v) is 6.42. The average molecular weight is 248 g/mol. The molecule has 2 aliphatic rings. The molecule has 2 rings (SSSR count). The number of piperidine rings is 1. The van der Waals surface area contributed by atoms with E-state index in [-0.39, 0.29) is 0 Å². The summed E-state index contributed by atoms with van der Waals surface area (Å²) in [6.45, 7) is 4.63. The van der Waals surface area contributed by atoms with Gasteiger partial charge in [0.05, 0.1) is 12.9 Å². The summed E-state index contributed by atoms with van der Waals surface area (Å²) in [5, 5.41) is 3.38. The number of hydrogen-bond acceptors (Lipinski definition) is 5. The average Bonchev–Trinajstić information content (AvgIpc) is 2.25. The molecule has 0 amide bonds. The number of fused-ring (bicyclic) bond motifs is 1. The van der Waals surface area contributed by atoms with Crippen LogP contribution in [0.5, 0.6) is 0 Å². The molecule has 16 heavy (non-hydrogen) atoms. The maximum Gasteiger partial charge on any atom is 0.264 e. The highest BCUT2D eigenvalue weighted by Gasteiger charge is 2.30. The highest BCUT2D eigenvalue weighted by molar-refractivity contribution is 7.85. The lowest BCUT2D eigenvalue weighted by molar-refractivity contribution is 0.0712. The Morgan fingerprint density at radius 2 is 2.25 bits per heavy atom. The second-order valence-electron chi connectivity index (χ2n) is 4.77. The van der Waals surface area contributed by atoms with Gasteiger partial charge in [-0.3, -0.25) is 9.08 Å². The third kappa shape index (κ3) is 3.41. The Kier molecular flexibility index (Phi) is 3.84.